The molecule has 1 saturated heterocycles. The van der Waals surface area contributed by atoms with Crippen LogP contribution in [0.25, 0.3) is 0 Å². The summed E-state index contributed by atoms with van der Waals surface area (Å²) in [6, 6.07) is 1.08. The fourth-order valence-corrected chi connectivity index (χ4v) is 2.52. The lowest BCUT2D eigenvalue weighted by atomic mass is 10.1. The number of amides is 2. The van der Waals surface area contributed by atoms with Crippen LogP contribution in [0.15, 0.2) is 10.5 Å². The van der Waals surface area contributed by atoms with Gasteiger partial charge >= 0.3 is 12.3 Å². The molecule has 1 aromatic heterocycles. The van der Waals surface area contributed by atoms with Gasteiger partial charge in [-0.1, -0.05) is 0 Å². The molecule has 24 heavy (non-hydrogen) atoms. The number of likely N-dealkylation sites (tertiary alicyclic amines) is 1. The van der Waals surface area contributed by atoms with Crippen LogP contribution in [0.3, 0.4) is 0 Å². The number of carbonyl (C=O) groups is 2. The minimum Gasteiger partial charge on any atom is -0.456 e. The SMILES string of the molecule is Cc1cc(C(=O)N2CCC[C@H](OC(=O)N(C)C)C2)c(C(F)(F)F)o1. The number of aryl methyl sites for hydroxylation is 1. The Hall–Kier alpha value is -2.19. The number of ether oxygens (including phenoxy) is 1. The van der Waals surface area contributed by atoms with Crippen molar-refractivity contribution in [1.29, 1.82) is 0 Å². The highest BCUT2D eigenvalue weighted by molar-refractivity contribution is 5.95. The molecule has 1 atom stereocenters. The lowest BCUT2D eigenvalue weighted by Gasteiger charge is -2.32. The quantitative estimate of drug-likeness (QED) is 0.824. The van der Waals surface area contributed by atoms with Crippen LogP contribution in [0.4, 0.5) is 18.0 Å². The molecular weight excluding hydrogens is 329 g/mol. The number of nitrogens with zero attached hydrogens (tertiary/aromatic N) is 2. The molecular formula is C15H19F3N2O4. The molecule has 1 aromatic rings. The number of furan rings is 1. The maximum absolute atomic E-state index is 13.0. The molecule has 2 amide bonds. The molecule has 0 saturated carbocycles. The van der Waals surface area contributed by atoms with Crippen LogP contribution in [0, 0.1) is 6.92 Å². The van der Waals surface area contributed by atoms with Gasteiger partial charge in [-0.15, -0.1) is 0 Å². The Morgan fingerprint density at radius 3 is 2.62 bits per heavy atom. The lowest BCUT2D eigenvalue weighted by molar-refractivity contribution is -0.153. The predicted octanol–water partition coefficient (Wildman–Crippen LogP) is 2.91. The van der Waals surface area contributed by atoms with E-state index in [2.05, 4.69) is 4.42 Å². The summed E-state index contributed by atoms with van der Waals surface area (Å²) in [5.41, 5.74) is -0.514. The van der Waals surface area contributed by atoms with Gasteiger partial charge in [0.15, 0.2) is 0 Å². The summed E-state index contributed by atoms with van der Waals surface area (Å²) < 4.78 is 48.8. The highest BCUT2D eigenvalue weighted by Crippen LogP contribution is 2.35. The summed E-state index contributed by atoms with van der Waals surface area (Å²) in [4.78, 5) is 26.6. The van der Waals surface area contributed by atoms with E-state index in [4.69, 9.17) is 4.74 Å². The summed E-state index contributed by atoms with van der Waals surface area (Å²) in [5.74, 6) is -2.06. The predicted molar refractivity (Wildman–Crippen MR) is 77.5 cm³/mol. The molecule has 0 bridgehead atoms. The van der Waals surface area contributed by atoms with Crippen molar-refractivity contribution in [2.75, 3.05) is 27.2 Å². The van der Waals surface area contributed by atoms with Gasteiger partial charge in [0.1, 0.15) is 11.9 Å². The molecule has 9 heteroatoms. The molecule has 0 N–H and O–H groups in total. The number of hydrogen-bond acceptors (Lipinski definition) is 4. The Kier molecular flexibility index (Phi) is 5.10. The zero-order chi connectivity index (χ0) is 18.1. The van der Waals surface area contributed by atoms with Crippen LogP contribution in [0.1, 0.15) is 34.7 Å². The van der Waals surface area contributed by atoms with Crippen molar-refractivity contribution in [2.24, 2.45) is 0 Å². The summed E-state index contributed by atoms with van der Waals surface area (Å²) >= 11 is 0. The molecule has 1 fully saturated rings. The molecule has 0 unspecified atom stereocenters. The fraction of sp³-hybridized carbons (Fsp3) is 0.600. The van der Waals surface area contributed by atoms with E-state index in [1.165, 1.54) is 30.8 Å². The number of halogens is 3. The third-order valence-corrected chi connectivity index (χ3v) is 3.64. The molecule has 134 valence electrons. The summed E-state index contributed by atoms with van der Waals surface area (Å²) in [6.07, 6.45) is -4.74. The molecule has 0 spiro atoms. The Labute approximate surface area is 137 Å². The maximum atomic E-state index is 13.0. The van der Waals surface area contributed by atoms with Gasteiger partial charge < -0.3 is 19.0 Å². The van der Waals surface area contributed by atoms with Gasteiger partial charge in [-0.3, -0.25) is 4.79 Å². The first kappa shape index (κ1) is 18.2. The van der Waals surface area contributed by atoms with E-state index in [0.717, 1.165) is 6.07 Å². The van der Waals surface area contributed by atoms with Crippen LogP contribution >= 0.6 is 0 Å². The van der Waals surface area contributed by atoms with Crippen LogP contribution in [0.2, 0.25) is 0 Å². The average Bonchev–Trinajstić information content (AvgIpc) is 2.89. The van der Waals surface area contributed by atoms with Crippen LogP contribution in [0.5, 0.6) is 0 Å². The Morgan fingerprint density at radius 1 is 1.38 bits per heavy atom. The second-order valence-corrected chi connectivity index (χ2v) is 5.89. The molecule has 2 rings (SSSR count). The Balaban J connectivity index is 2.14. The first-order valence-electron chi connectivity index (χ1n) is 7.44. The normalized spacial score (nSPS) is 18.4. The number of carbonyl (C=O) groups excluding carboxylic acids is 2. The monoisotopic (exact) mass is 348 g/mol. The van der Waals surface area contributed by atoms with E-state index in [1.54, 1.807) is 0 Å². The fourth-order valence-electron chi connectivity index (χ4n) is 2.52. The zero-order valence-electron chi connectivity index (χ0n) is 13.6. The van der Waals surface area contributed by atoms with E-state index in [0.29, 0.717) is 19.4 Å². The highest BCUT2D eigenvalue weighted by atomic mass is 19.4. The van der Waals surface area contributed by atoms with Gasteiger partial charge in [0, 0.05) is 20.6 Å². The van der Waals surface area contributed by atoms with Gasteiger partial charge in [0.05, 0.1) is 12.1 Å². The topological polar surface area (TPSA) is 63.0 Å². The zero-order valence-corrected chi connectivity index (χ0v) is 13.6. The van der Waals surface area contributed by atoms with Crippen molar-refractivity contribution >= 4 is 12.0 Å². The van der Waals surface area contributed by atoms with Crippen LogP contribution in [-0.2, 0) is 10.9 Å². The van der Waals surface area contributed by atoms with Crippen LogP contribution < -0.4 is 0 Å². The minimum atomic E-state index is -4.74. The molecule has 6 nitrogen and oxygen atoms in total. The van der Waals surface area contributed by atoms with Gasteiger partial charge in [-0.25, -0.2) is 4.79 Å². The third-order valence-electron chi connectivity index (χ3n) is 3.64. The summed E-state index contributed by atoms with van der Waals surface area (Å²) in [7, 11) is 3.05. The summed E-state index contributed by atoms with van der Waals surface area (Å²) in [5, 5.41) is 0. The van der Waals surface area contributed by atoms with E-state index < -0.39 is 35.6 Å². The van der Waals surface area contributed by atoms with Gasteiger partial charge in [-0.05, 0) is 25.8 Å². The minimum absolute atomic E-state index is 0.0123. The largest absolute Gasteiger partial charge is 0.456 e. The molecule has 0 aromatic carbocycles. The second-order valence-electron chi connectivity index (χ2n) is 5.89. The molecule has 0 aliphatic carbocycles. The van der Waals surface area contributed by atoms with Gasteiger partial charge in [0.25, 0.3) is 5.91 Å². The molecule has 1 aliphatic heterocycles. The van der Waals surface area contributed by atoms with Crippen molar-refractivity contribution in [2.45, 2.75) is 32.0 Å². The highest BCUT2D eigenvalue weighted by Gasteiger charge is 2.41. The average molecular weight is 348 g/mol. The second kappa shape index (κ2) is 6.74. The van der Waals surface area contributed by atoms with Gasteiger partial charge in [0.2, 0.25) is 5.76 Å². The number of piperidine rings is 1. The maximum Gasteiger partial charge on any atom is 0.450 e. The van der Waals surface area contributed by atoms with Crippen molar-refractivity contribution in [3.8, 4) is 0 Å². The summed E-state index contributed by atoms with van der Waals surface area (Å²) in [6.45, 7) is 1.71. The molecule has 2 heterocycles. The smallest absolute Gasteiger partial charge is 0.450 e. The van der Waals surface area contributed by atoms with Crippen molar-refractivity contribution in [3.05, 3.63) is 23.2 Å². The first-order valence-corrected chi connectivity index (χ1v) is 7.44. The van der Waals surface area contributed by atoms with Crippen molar-refractivity contribution in [1.82, 2.24) is 9.80 Å². The molecule has 1 aliphatic rings. The van der Waals surface area contributed by atoms with E-state index in [1.807, 2.05) is 0 Å². The van der Waals surface area contributed by atoms with E-state index in [-0.39, 0.29) is 12.3 Å². The van der Waals surface area contributed by atoms with Gasteiger partial charge in [-0.2, -0.15) is 13.2 Å². The first-order chi connectivity index (χ1) is 11.1. The Bertz CT molecular complexity index is 625. The number of hydrogen-bond donors (Lipinski definition) is 0. The van der Waals surface area contributed by atoms with E-state index >= 15 is 0 Å². The van der Waals surface area contributed by atoms with Crippen molar-refractivity contribution < 1.29 is 31.9 Å². The van der Waals surface area contributed by atoms with Crippen molar-refractivity contribution in [3.63, 3.8) is 0 Å². The molecule has 0 radical (unpaired) electrons. The number of rotatable bonds is 2. The van der Waals surface area contributed by atoms with Crippen LogP contribution in [-0.4, -0.2) is 55.1 Å². The standard InChI is InChI=1S/C15H19F3N2O4/c1-9-7-11(12(23-9)15(16,17)18)13(21)20-6-4-5-10(8-20)24-14(22)19(2)3/h7,10H,4-6,8H2,1-3H3/t10-/m0/s1. The third kappa shape index (κ3) is 4.01. The number of alkyl halides is 3. The van der Waals surface area contributed by atoms with E-state index in [9.17, 15) is 22.8 Å². The lowest BCUT2D eigenvalue weighted by Crippen LogP contribution is -2.45. The Morgan fingerprint density at radius 2 is 2.04 bits per heavy atom.